The van der Waals surface area contributed by atoms with Gasteiger partial charge in [-0.1, -0.05) is 11.5 Å². The number of aryl methyl sites for hydroxylation is 2. The van der Waals surface area contributed by atoms with Crippen molar-refractivity contribution in [2.75, 3.05) is 31.1 Å². The fraction of sp³-hybridized carbons (Fsp3) is 0.348. The van der Waals surface area contributed by atoms with Crippen LogP contribution in [0.2, 0.25) is 0 Å². The summed E-state index contributed by atoms with van der Waals surface area (Å²) < 4.78 is 30.1. The molecular formula is C23H25BF2N8O. The number of carbonyl (C=O) groups is 1. The SMILES string of the molecule is Bc1cc(F)cc(C2CC=NN2C(=O)N2CCN(c3ncc(F)c(-c4cn(C)nc4C)n3)CC2)c1. The van der Waals surface area contributed by atoms with Crippen molar-refractivity contribution in [2.45, 2.75) is 19.4 Å². The van der Waals surface area contributed by atoms with Crippen LogP contribution in [0.25, 0.3) is 11.3 Å². The maximum atomic E-state index is 14.5. The summed E-state index contributed by atoms with van der Waals surface area (Å²) in [5.41, 5.74) is 3.03. The molecule has 1 fully saturated rings. The lowest BCUT2D eigenvalue weighted by molar-refractivity contribution is 0.139. The second kappa shape index (κ2) is 9.08. The standard InChI is InChI=1S/C23H25BF2N8O/c1-14-18(13-31(2)30-14)21-19(26)12-27-22(29-21)32-5-7-33(8-6-32)23(35)34-20(3-4-28-34)15-9-16(24)11-17(25)10-15/h4,9-13,20H,3,5-8,24H2,1-2H3. The maximum Gasteiger partial charge on any atom is 0.341 e. The van der Waals surface area contributed by atoms with Gasteiger partial charge in [0.2, 0.25) is 5.95 Å². The average Bonchev–Trinajstić information content (AvgIpc) is 3.44. The zero-order chi connectivity index (χ0) is 24.7. The number of aromatic nitrogens is 4. The molecule has 9 nitrogen and oxygen atoms in total. The number of carbonyl (C=O) groups excluding carboxylic acids is 1. The third-order valence-electron chi connectivity index (χ3n) is 6.31. The maximum absolute atomic E-state index is 14.5. The number of hydrazone groups is 1. The molecule has 1 aromatic carbocycles. The quantitative estimate of drug-likeness (QED) is 0.532. The highest BCUT2D eigenvalue weighted by molar-refractivity contribution is 6.32. The number of hydrogen-bond acceptors (Lipinski definition) is 6. The summed E-state index contributed by atoms with van der Waals surface area (Å²) in [6.45, 7) is 3.65. The molecule has 2 aliphatic heterocycles. The average molecular weight is 478 g/mol. The van der Waals surface area contributed by atoms with E-state index in [4.69, 9.17) is 0 Å². The van der Waals surface area contributed by atoms with Crippen LogP contribution in [-0.2, 0) is 7.05 Å². The largest absolute Gasteiger partial charge is 0.341 e. The van der Waals surface area contributed by atoms with Crippen LogP contribution in [0.15, 0.2) is 35.7 Å². The lowest BCUT2D eigenvalue weighted by Gasteiger charge is -2.37. The first-order chi connectivity index (χ1) is 16.8. The number of halogens is 2. The Balaban J connectivity index is 1.28. The molecule has 0 aliphatic carbocycles. The van der Waals surface area contributed by atoms with Gasteiger partial charge >= 0.3 is 6.03 Å². The van der Waals surface area contributed by atoms with Gasteiger partial charge in [0.25, 0.3) is 0 Å². The third-order valence-corrected chi connectivity index (χ3v) is 6.31. The van der Waals surface area contributed by atoms with E-state index in [1.165, 1.54) is 23.3 Å². The highest BCUT2D eigenvalue weighted by Gasteiger charge is 2.33. The minimum absolute atomic E-state index is 0.207. The smallest absolute Gasteiger partial charge is 0.337 e. The molecule has 0 bridgehead atoms. The highest BCUT2D eigenvalue weighted by atomic mass is 19.1. The van der Waals surface area contributed by atoms with E-state index in [0.29, 0.717) is 49.8 Å². The van der Waals surface area contributed by atoms with Crippen LogP contribution in [0, 0.1) is 18.6 Å². The highest BCUT2D eigenvalue weighted by Crippen LogP contribution is 2.30. The molecule has 0 saturated carbocycles. The van der Waals surface area contributed by atoms with Crippen LogP contribution < -0.4 is 10.4 Å². The van der Waals surface area contributed by atoms with Crippen LogP contribution in [-0.4, -0.2) is 75.9 Å². The summed E-state index contributed by atoms with van der Waals surface area (Å²) in [6.07, 6.45) is 5.13. The molecule has 0 N–H and O–H groups in total. The van der Waals surface area contributed by atoms with Crippen LogP contribution >= 0.6 is 0 Å². The van der Waals surface area contributed by atoms with Gasteiger partial charge in [-0.3, -0.25) is 4.68 Å². The molecule has 5 rings (SSSR count). The van der Waals surface area contributed by atoms with Crippen molar-refractivity contribution in [3.05, 3.63) is 53.5 Å². The zero-order valence-corrected chi connectivity index (χ0v) is 19.8. The molecule has 0 radical (unpaired) electrons. The van der Waals surface area contributed by atoms with Crippen molar-refractivity contribution in [1.29, 1.82) is 0 Å². The number of urea groups is 1. The van der Waals surface area contributed by atoms with Gasteiger partial charge in [-0.25, -0.2) is 28.6 Å². The molecule has 1 atom stereocenters. The Morgan fingerprint density at radius 3 is 2.60 bits per heavy atom. The molecule has 180 valence electrons. The second-order valence-corrected chi connectivity index (χ2v) is 8.88. The fourth-order valence-corrected chi connectivity index (χ4v) is 4.61. The Labute approximate surface area is 202 Å². The van der Waals surface area contributed by atoms with Crippen LogP contribution in [0.5, 0.6) is 0 Å². The van der Waals surface area contributed by atoms with Crippen molar-refractivity contribution < 1.29 is 13.6 Å². The molecular weight excluding hydrogens is 453 g/mol. The molecule has 1 saturated heterocycles. The van der Waals surface area contributed by atoms with Gasteiger partial charge in [0, 0.05) is 57.6 Å². The number of anilines is 1. The summed E-state index contributed by atoms with van der Waals surface area (Å²) in [7, 11) is 3.60. The Morgan fingerprint density at radius 2 is 1.91 bits per heavy atom. The molecule has 35 heavy (non-hydrogen) atoms. The third kappa shape index (κ3) is 4.47. The molecule has 2 aromatic heterocycles. The fourth-order valence-electron chi connectivity index (χ4n) is 4.61. The molecule has 3 aromatic rings. The molecule has 1 unspecified atom stereocenters. The van der Waals surface area contributed by atoms with Gasteiger partial charge in [0.1, 0.15) is 19.4 Å². The van der Waals surface area contributed by atoms with E-state index in [0.717, 1.165) is 11.0 Å². The number of nitrogens with zero attached hydrogens (tertiary/aromatic N) is 8. The number of benzene rings is 1. The lowest BCUT2D eigenvalue weighted by Crippen LogP contribution is -2.52. The molecule has 2 aliphatic rings. The Kier molecular flexibility index (Phi) is 5.95. The van der Waals surface area contributed by atoms with Crippen molar-refractivity contribution in [3.63, 3.8) is 0 Å². The summed E-state index contributed by atoms with van der Waals surface area (Å²) in [5, 5.41) is 9.98. The van der Waals surface area contributed by atoms with E-state index >= 15 is 0 Å². The van der Waals surface area contributed by atoms with Gasteiger partial charge in [-0.05, 0) is 24.6 Å². The first-order valence-electron chi connectivity index (χ1n) is 11.5. The summed E-state index contributed by atoms with van der Waals surface area (Å²) in [4.78, 5) is 25.6. The molecule has 2 amide bonds. The molecule has 12 heteroatoms. The van der Waals surface area contributed by atoms with E-state index in [1.54, 1.807) is 36.0 Å². The van der Waals surface area contributed by atoms with Gasteiger partial charge in [0.05, 0.1) is 17.9 Å². The number of piperazine rings is 1. The van der Waals surface area contributed by atoms with Crippen molar-refractivity contribution in [3.8, 4) is 11.3 Å². The van der Waals surface area contributed by atoms with Crippen LogP contribution in [0.3, 0.4) is 0 Å². The topological polar surface area (TPSA) is 82.8 Å². The minimum atomic E-state index is -0.510. The van der Waals surface area contributed by atoms with Gasteiger partial charge in [-0.15, -0.1) is 0 Å². The van der Waals surface area contributed by atoms with E-state index in [2.05, 4.69) is 20.2 Å². The van der Waals surface area contributed by atoms with Crippen molar-refractivity contribution in [2.24, 2.45) is 12.1 Å². The molecule has 4 heterocycles. The second-order valence-electron chi connectivity index (χ2n) is 8.88. The van der Waals surface area contributed by atoms with Crippen molar-refractivity contribution in [1.82, 2.24) is 29.7 Å². The minimum Gasteiger partial charge on any atom is -0.337 e. The number of hydrogen-bond donors (Lipinski definition) is 0. The normalized spacial score (nSPS) is 17.9. The Morgan fingerprint density at radius 1 is 1.14 bits per heavy atom. The first-order valence-corrected chi connectivity index (χ1v) is 11.5. The number of amides is 2. The monoisotopic (exact) mass is 478 g/mol. The van der Waals surface area contributed by atoms with E-state index < -0.39 is 5.82 Å². The first kappa shape index (κ1) is 22.9. The van der Waals surface area contributed by atoms with Crippen molar-refractivity contribution >= 4 is 31.5 Å². The predicted octanol–water partition coefficient (Wildman–Crippen LogP) is 1.40. The van der Waals surface area contributed by atoms with Crippen LogP contribution in [0.1, 0.15) is 23.7 Å². The summed E-state index contributed by atoms with van der Waals surface area (Å²) in [5.74, 6) is -0.429. The Bertz CT molecular complexity index is 1280. The van der Waals surface area contributed by atoms with Gasteiger partial charge < -0.3 is 9.80 Å². The summed E-state index contributed by atoms with van der Waals surface area (Å²) in [6, 6.07) is 4.24. The van der Waals surface area contributed by atoms with Gasteiger partial charge in [-0.2, -0.15) is 10.2 Å². The Hall–Kier alpha value is -3.83. The van der Waals surface area contributed by atoms with E-state index in [9.17, 15) is 13.6 Å². The zero-order valence-electron chi connectivity index (χ0n) is 19.8. The summed E-state index contributed by atoms with van der Waals surface area (Å²) >= 11 is 0. The number of rotatable bonds is 3. The van der Waals surface area contributed by atoms with E-state index in [1.807, 2.05) is 18.8 Å². The lowest BCUT2D eigenvalue weighted by atomic mass is 9.91. The van der Waals surface area contributed by atoms with Gasteiger partial charge in [0.15, 0.2) is 5.82 Å². The predicted molar refractivity (Wildman–Crippen MR) is 130 cm³/mol. The van der Waals surface area contributed by atoms with Crippen LogP contribution in [0.4, 0.5) is 19.5 Å². The van der Waals surface area contributed by atoms with E-state index in [-0.39, 0.29) is 23.6 Å². The molecule has 0 spiro atoms.